The molecule has 1 saturated carbocycles. The average Bonchev–Trinajstić information content (AvgIpc) is 2.18. The second-order valence-electron chi connectivity index (χ2n) is 6.75. The summed E-state index contributed by atoms with van der Waals surface area (Å²) in [7, 11) is 0. The third-order valence-corrected chi connectivity index (χ3v) is 4.63. The molecule has 0 heteroatoms. The molecule has 1 rings (SSSR count). The van der Waals surface area contributed by atoms with Crippen LogP contribution >= 0.6 is 0 Å². The van der Waals surface area contributed by atoms with E-state index >= 15 is 0 Å². The quantitative estimate of drug-likeness (QED) is 0.592. The van der Waals surface area contributed by atoms with Crippen LogP contribution < -0.4 is 0 Å². The van der Waals surface area contributed by atoms with Gasteiger partial charge in [-0.1, -0.05) is 53.9 Å². The maximum Gasteiger partial charge on any atom is -0.0354 e. The largest absolute Gasteiger partial charge is 0.0649 e. The van der Waals surface area contributed by atoms with E-state index in [0.717, 1.165) is 17.8 Å². The summed E-state index contributed by atoms with van der Waals surface area (Å²) in [5.74, 6) is 2.95. The smallest absolute Gasteiger partial charge is 0.0354 e. The van der Waals surface area contributed by atoms with E-state index in [9.17, 15) is 0 Å². The van der Waals surface area contributed by atoms with Crippen LogP contribution in [0.3, 0.4) is 0 Å². The number of rotatable bonds is 4. The monoisotopic (exact) mass is 210 g/mol. The predicted molar refractivity (Wildman–Crippen MR) is 69.0 cm³/mol. The molecule has 0 nitrogen and oxygen atoms in total. The minimum absolute atomic E-state index is 0.579. The normalized spacial score (nSPS) is 28.4. The van der Waals surface area contributed by atoms with Crippen molar-refractivity contribution in [2.24, 2.45) is 23.2 Å². The Hall–Kier alpha value is 0. The molecule has 0 aliphatic heterocycles. The summed E-state index contributed by atoms with van der Waals surface area (Å²) in [5, 5.41) is 0. The molecule has 0 amide bonds. The van der Waals surface area contributed by atoms with E-state index in [1.807, 2.05) is 0 Å². The molecule has 1 aliphatic rings. The molecule has 0 aromatic rings. The van der Waals surface area contributed by atoms with E-state index in [1.165, 1.54) is 38.5 Å². The lowest BCUT2D eigenvalue weighted by Crippen LogP contribution is -2.23. The zero-order chi connectivity index (χ0) is 11.5. The Morgan fingerprint density at radius 2 is 1.60 bits per heavy atom. The first kappa shape index (κ1) is 13.1. The highest BCUT2D eigenvalue weighted by atomic mass is 14.3. The van der Waals surface area contributed by atoms with Crippen LogP contribution in [0.2, 0.25) is 0 Å². The van der Waals surface area contributed by atoms with Crippen molar-refractivity contribution in [1.82, 2.24) is 0 Å². The lowest BCUT2D eigenvalue weighted by molar-refractivity contribution is 0.167. The topological polar surface area (TPSA) is 0 Å². The molecule has 0 saturated heterocycles. The van der Waals surface area contributed by atoms with Crippen molar-refractivity contribution in [2.45, 2.75) is 73.1 Å². The van der Waals surface area contributed by atoms with Crippen LogP contribution in [0.1, 0.15) is 73.1 Å². The molecular weight excluding hydrogens is 180 g/mol. The van der Waals surface area contributed by atoms with Gasteiger partial charge >= 0.3 is 0 Å². The second kappa shape index (κ2) is 5.37. The molecule has 0 atom stereocenters. The van der Waals surface area contributed by atoms with E-state index in [1.54, 1.807) is 0 Å². The fraction of sp³-hybridized carbons (Fsp3) is 1.00. The van der Waals surface area contributed by atoms with Crippen LogP contribution in [-0.4, -0.2) is 0 Å². The summed E-state index contributed by atoms with van der Waals surface area (Å²) in [5.41, 5.74) is 0.579. The van der Waals surface area contributed by atoms with Crippen molar-refractivity contribution in [3.8, 4) is 0 Å². The van der Waals surface area contributed by atoms with Crippen LogP contribution in [0.5, 0.6) is 0 Å². The first-order valence-electron chi connectivity index (χ1n) is 6.94. The summed E-state index contributed by atoms with van der Waals surface area (Å²) in [6.45, 7) is 12.0. The summed E-state index contributed by atoms with van der Waals surface area (Å²) in [6.07, 6.45) is 8.74. The Morgan fingerprint density at radius 1 is 1.07 bits per heavy atom. The maximum atomic E-state index is 2.43. The average molecular weight is 210 g/mol. The first-order valence-corrected chi connectivity index (χ1v) is 6.94. The predicted octanol–water partition coefficient (Wildman–Crippen LogP) is 5.28. The summed E-state index contributed by atoms with van der Waals surface area (Å²) in [6, 6.07) is 0. The van der Waals surface area contributed by atoms with E-state index < -0.39 is 0 Å². The maximum absolute atomic E-state index is 2.43. The molecule has 0 heterocycles. The molecule has 0 aromatic heterocycles. The fourth-order valence-electron chi connectivity index (χ4n) is 2.98. The van der Waals surface area contributed by atoms with Crippen LogP contribution in [-0.2, 0) is 0 Å². The number of hydrogen-bond donors (Lipinski definition) is 0. The molecule has 90 valence electrons. The lowest BCUT2D eigenvalue weighted by Gasteiger charge is -2.35. The minimum Gasteiger partial charge on any atom is -0.0649 e. The molecule has 0 aromatic carbocycles. The number of hydrogen-bond acceptors (Lipinski definition) is 0. The van der Waals surface area contributed by atoms with Gasteiger partial charge in [-0.3, -0.25) is 0 Å². The highest BCUT2D eigenvalue weighted by molar-refractivity contribution is 4.79. The molecule has 1 aliphatic carbocycles. The van der Waals surface area contributed by atoms with Gasteiger partial charge in [0.1, 0.15) is 0 Å². The van der Waals surface area contributed by atoms with Gasteiger partial charge in [-0.25, -0.2) is 0 Å². The minimum atomic E-state index is 0.579. The molecule has 0 bridgehead atoms. The Kier molecular flexibility index (Phi) is 4.67. The van der Waals surface area contributed by atoms with Gasteiger partial charge in [-0.2, -0.15) is 0 Å². The molecule has 0 unspecified atom stereocenters. The Morgan fingerprint density at radius 3 is 2.00 bits per heavy atom. The molecule has 1 fully saturated rings. The highest BCUT2D eigenvalue weighted by Gasteiger charge is 2.27. The van der Waals surface area contributed by atoms with E-state index in [-0.39, 0.29) is 0 Å². The summed E-state index contributed by atoms with van der Waals surface area (Å²) >= 11 is 0. The van der Waals surface area contributed by atoms with Gasteiger partial charge in [0.15, 0.2) is 0 Å². The molecule has 0 N–H and O–H groups in total. The Labute approximate surface area is 96.8 Å². The van der Waals surface area contributed by atoms with Crippen LogP contribution in [0, 0.1) is 23.2 Å². The van der Waals surface area contributed by atoms with Crippen molar-refractivity contribution in [2.75, 3.05) is 0 Å². The Bertz CT molecular complexity index is 170. The van der Waals surface area contributed by atoms with Crippen LogP contribution in [0.15, 0.2) is 0 Å². The SMILES string of the molecule is CCC(C)(C)CC1CCC(C(C)C)CC1. The first-order chi connectivity index (χ1) is 6.94. The standard InChI is InChI=1S/C15H30/c1-6-15(4,5)11-13-7-9-14(10-8-13)12(2)3/h12-14H,6-11H2,1-5H3. The molecule has 0 radical (unpaired) electrons. The van der Waals surface area contributed by atoms with Gasteiger partial charge in [-0.05, 0) is 42.4 Å². The van der Waals surface area contributed by atoms with Crippen molar-refractivity contribution < 1.29 is 0 Å². The highest BCUT2D eigenvalue weighted by Crippen LogP contribution is 2.39. The van der Waals surface area contributed by atoms with E-state index in [0.29, 0.717) is 5.41 Å². The van der Waals surface area contributed by atoms with Crippen molar-refractivity contribution >= 4 is 0 Å². The molecule has 0 spiro atoms. The van der Waals surface area contributed by atoms with Gasteiger partial charge in [0.05, 0.1) is 0 Å². The lowest BCUT2D eigenvalue weighted by atomic mass is 9.71. The van der Waals surface area contributed by atoms with Gasteiger partial charge < -0.3 is 0 Å². The van der Waals surface area contributed by atoms with Crippen molar-refractivity contribution in [3.05, 3.63) is 0 Å². The second-order valence-corrected chi connectivity index (χ2v) is 6.75. The van der Waals surface area contributed by atoms with E-state index in [2.05, 4.69) is 34.6 Å². The van der Waals surface area contributed by atoms with Gasteiger partial charge in [0, 0.05) is 0 Å². The van der Waals surface area contributed by atoms with Gasteiger partial charge in [0.25, 0.3) is 0 Å². The Balaban J connectivity index is 2.32. The molecule has 15 heavy (non-hydrogen) atoms. The van der Waals surface area contributed by atoms with Gasteiger partial charge in [-0.15, -0.1) is 0 Å². The zero-order valence-corrected chi connectivity index (χ0v) is 11.5. The third-order valence-electron chi connectivity index (χ3n) is 4.63. The van der Waals surface area contributed by atoms with Crippen molar-refractivity contribution in [1.29, 1.82) is 0 Å². The molecular formula is C15H30. The van der Waals surface area contributed by atoms with Crippen molar-refractivity contribution in [3.63, 3.8) is 0 Å². The summed E-state index contributed by atoms with van der Waals surface area (Å²) in [4.78, 5) is 0. The van der Waals surface area contributed by atoms with Crippen LogP contribution in [0.25, 0.3) is 0 Å². The fourth-order valence-corrected chi connectivity index (χ4v) is 2.98. The van der Waals surface area contributed by atoms with E-state index in [4.69, 9.17) is 0 Å². The van der Waals surface area contributed by atoms with Gasteiger partial charge in [0.2, 0.25) is 0 Å². The van der Waals surface area contributed by atoms with Crippen LogP contribution in [0.4, 0.5) is 0 Å². The zero-order valence-electron chi connectivity index (χ0n) is 11.5. The summed E-state index contributed by atoms with van der Waals surface area (Å²) < 4.78 is 0. The third kappa shape index (κ3) is 4.17.